The van der Waals surface area contributed by atoms with E-state index >= 15 is 0 Å². The summed E-state index contributed by atoms with van der Waals surface area (Å²) in [4.78, 5) is 23.9. The molecular formula is C11H17N5O. The van der Waals surface area contributed by atoms with Gasteiger partial charge in [0.05, 0.1) is 12.2 Å². The first kappa shape index (κ1) is 11.8. The Kier molecular flexibility index (Phi) is 3.53. The Morgan fingerprint density at radius 2 is 2.29 bits per heavy atom. The summed E-state index contributed by atoms with van der Waals surface area (Å²) in [6, 6.07) is 1.79. The van der Waals surface area contributed by atoms with Crippen LogP contribution < -0.4 is 10.6 Å². The van der Waals surface area contributed by atoms with Crippen molar-refractivity contribution in [1.82, 2.24) is 14.9 Å². The maximum Gasteiger partial charge on any atom is 0.241 e. The Labute approximate surface area is 100 Å². The van der Waals surface area contributed by atoms with Crippen LogP contribution in [0.25, 0.3) is 0 Å². The minimum absolute atomic E-state index is 0.101. The van der Waals surface area contributed by atoms with Gasteiger partial charge in [-0.25, -0.2) is 9.97 Å². The summed E-state index contributed by atoms with van der Waals surface area (Å²) in [5, 5.41) is 0. The van der Waals surface area contributed by atoms with Crippen molar-refractivity contribution in [1.29, 1.82) is 0 Å². The molecule has 92 valence electrons. The third kappa shape index (κ3) is 2.71. The molecule has 2 heterocycles. The summed E-state index contributed by atoms with van der Waals surface area (Å²) in [5.74, 6) is 0.695. The van der Waals surface area contributed by atoms with E-state index in [4.69, 9.17) is 5.73 Å². The van der Waals surface area contributed by atoms with Gasteiger partial charge in [-0.15, -0.1) is 0 Å². The Hall–Kier alpha value is -1.69. The summed E-state index contributed by atoms with van der Waals surface area (Å²) in [7, 11) is 1.82. The first-order chi connectivity index (χ1) is 8.20. The molecule has 0 spiro atoms. The van der Waals surface area contributed by atoms with Crippen LogP contribution in [-0.2, 0) is 11.3 Å². The lowest BCUT2D eigenvalue weighted by Crippen LogP contribution is -2.35. The van der Waals surface area contributed by atoms with Crippen LogP contribution >= 0.6 is 0 Å². The van der Waals surface area contributed by atoms with Crippen molar-refractivity contribution in [3.63, 3.8) is 0 Å². The van der Waals surface area contributed by atoms with Crippen LogP contribution in [0.5, 0.6) is 0 Å². The smallest absolute Gasteiger partial charge is 0.241 e. The molecule has 6 nitrogen and oxygen atoms in total. The van der Waals surface area contributed by atoms with Gasteiger partial charge in [0.15, 0.2) is 0 Å². The summed E-state index contributed by atoms with van der Waals surface area (Å²) >= 11 is 0. The molecule has 2 N–H and O–H groups in total. The largest absolute Gasteiger partial charge is 0.344 e. The fourth-order valence-corrected chi connectivity index (χ4v) is 1.81. The maximum absolute atomic E-state index is 11.8. The lowest BCUT2D eigenvalue weighted by Gasteiger charge is -2.19. The zero-order valence-electron chi connectivity index (χ0n) is 9.96. The number of likely N-dealkylation sites (N-methyl/N-ethyl adjacent to an activating group) is 1. The third-order valence-corrected chi connectivity index (χ3v) is 2.87. The predicted molar refractivity (Wildman–Crippen MR) is 64.4 cm³/mol. The molecular weight excluding hydrogens is 218 g/mol. The molecule has 1 aromatic rings. The zero-order chi connectivity index (χ0) is 12.3. The van der Waals surface area contributed by atoms with E-state index in [1.54, 1.807) is 17.2 Å². The average Bonchev–Trinajstić information content (AvgIpc) is 2.52. The molecule has 0 aliphatic carbocycles. The summed E-state index contributed by atoms with van der Waals surface area (Å²) in [5.41, 5.74) is 6.34. The van der Waals surface area contributed by atoms with E-state index < -0.39 is 0 Å². The minimum Gasteiger partial charge on any atom is -0.344 e. The second kappa shape index (κ2) is 5.09. The van der Waals surface area contributed by atoms with Gasteiger partial charge < -0.3 is 15.5 Å². The monoisotopic (exact) mass is 235 g/mol. The van der Waals surface area contributed by atoms with Crippen molar-refractivity contribution >= 4 is 11.9 Å². The molecule has 17 heavy (non-hydrogen) atoms. The van der Waals surface area contributed by atoms with Crippen LogP contribution in [0, 0.1) is 0 Å². The van der Waals surface area contributed by atoms with Gasteiger partial charge in [0.1, 0.15) is 0 Å². The molecule has 0 saturated carbocycles. The number of carbonyl (C=O) groups is 1. The van der Waals surface area contributed by atoms with E-state index in [0.29, 0.717) is 19.0 Å². The van der Waals surface area contributed by atoms with E-state index in [-0.39, 0.29) is 5.91 Å². The predicted octanol–water partition coefficient (Wildman–Crippen LogP) is -0.396. The number of aromatic nitrogens is 2. The van der Waals surface area contributed by atoms with Gasteiger partial charge in [0, 0.05) is 32.9 Å². The second-order valence-electron chi connectivity index (χ2n) is 4.14. The molecule has 0 radical (unpaired) electrons. The highest BCUT2D eigenvalue weighted by Crippen LogP contribution is 2.11. The first-order valence-corrected chi connectivity index (χ1v) is 5.71. The van der Waals surface area contributed by atoms with Crippen LogP contribution in [0.1, 0.15) is 12.1 Å². The van der Waals surface area contributed by atoms with Gasteiger partial charge in [-0.2, -0.15) is 0 Å². The average molecular weight is 235 g/mol. The van der Waals surface area contributed by atoms with Gasteiger partial charge in [-0.1, -0.05) is 0 Å². The van der Waals surface area contributed by atoms with E-state index in [0.717, 1.165) is 25.2 Å². The standard InChI is InChI=1S/C11H17N5O/c1-15-5-2-6-16(8-10(15)17)11-13-4-3-9(7-12)14-11/h3-4H,2,5-8,12H2,1H3. The number of amides is 1. The quantitative estimate of drug-likeness (QED) is 0.755. The molecule has 1 amide bonds. The highest BCUT2D eigenvalue weighted by atomic mass is 16.2. The molecule has 0 bridgehead atoms. The Bertz CT molecular complexity index is 409. The number of nitrogens with two attached hydrogens (primary N) is 1. The van der Waals surface area contributed by atoms with E-state index in [1.165, 1.54) is 0 Å². The molecule has 1 fully saturated rings. The van der Waals surface area contributed by atoms with Gasteiger partial charge in [0.2, 0.25) is 11.9 Å². The van der Waals surface area contributed by atoms with Crippen molar-refractivity contribution < 1.29 is 4.79 Å². The molecule has 2 rings (SSSR count). The van der Waals surface area contributed by atoms with Crippen LogP contribution in [0.4, 0.5) is 5.95 Å². The van der Waals surface area contributed by atoms with Gasteiger partial charge >= 0.3 is 0 Å². The molecule has 1 aromatic heterocycles. The normalized spacial score (nSPS) is 17.2. The lowest BCUT2D eigenvalue weighted by molar-refractivity contribution is -0.127. The van der Waals surface area contributed by atoms with Gasteiger partial charge in [-0.05, 0) is 12.5 Å². The Balaban J connectivity index is 2.17. The molecule has 1 saturated heterocycles. The molecule has 6 heteroatoms. The third-order valence-electron chi connectivity index (χ3n) is 2.87. The van der Waals surface area contributed by atoms with Crippen LogP contribution in [0.2, 0.25) is 0 Å². The number of anilines is 1. The number of nitrogens with zero attached hydrogens (tertiary/aromatic N) is 4. The zero-order valence-corrected chi connectivity index (χ0v) is 9.96. The fraction of sp³-hybridized carbons (Fsp3) is 0.545. The van der Waals surface area contributed by atoms with Gasteiger partial charge in [0.25, 0.3) is 0 Å². The van der Waals surface area contributed by atoms with E-state index in [2.05, 4.69) is 9.97 Å². The molecule has 0 atom stereocenters. The van der Waals surface area contributed by atoms with Crippen LogP contribution in [0.15, 0.2) is 12.3 Å². The highest BCUT2D eigenvalue weighted by Gasteiger charge is 2.20. The number of hydrogen-bond acceptors (Lipinski definition) is 5. The van der Waals surface area contributed by atoms with Crippen molar-refractivity contribution in [2.75, 3.05) is 31.6 Å². The van der Waals surface area contributed by atoms with Crippen LogP contribution in [0.3, 0.4) is 0 Å². The number of rotatable bonds is 2. The second-order valence-corrected chi connectivity index (χ2v) is 4.14. The molecule has 0 unspecified atom stereocenters. The maximum atomic E-state index is 11.8. The lowest BCUT2D eigenvalue weighted by atomic mass is 10.4. The summed E-state index contributed by atoms with van der Waals surface area (Å²) < 4.78 is 0. The van der Waals surface area contributed by atoms with E-state index in [1.807, 2.05) is 11.9 Å². The Morgan fingerprint density at radius 3 is 3.06 bits per heavy atom. The van der Waals surface area contributed by atoms with Crippen molar-refractivity contribution in [2.24, 2.45) is 5.73 Å². The number of carbonyl (C=O) groups excluding carboxylic acids is 1. The first-order valence-electron chi connectivity index (χ1n) is 5.71. The molecule has 1 aliphatic rings. The fourth-order valence-electron chi connectivity index (χ4n) is 1.81. The topological polar surface area (TPSA) is 75.3 Å². The SMILES string of the molecule is CN1CCCN(c2nccc(CN)n2)CC1=O. The summed E-state index contributed by atoms with van der Waals surface area (Å²) in [6.45, 7) is 2.30. The highest BCUT2D eigenvalue weighted by molar-refractivity contribution is 5.81. The minimum atomic E-state index is 0.101. The van der Waals surface area contributed by atoms with Gasteiger partial charge in [-0.3, -0.25) is 4.79 Å². The molecule has 1 aliphatic heterocycles. The molecule has 0 aromatic carbocycles. The number of hydrogen-bond donors (Lipinski definition) is 1. The Morgan fingerprint density at radius 1 is 1.47 bits per heavy atom. The van der Waals surface area contributed by atoms with Crippen molar-refractivity contribution in [2.45, 2.75) is 13.0 Å². The van der Waals surface area contributed by atoms with Crippen LogP contribution in [-0.4, -0.2) is 47.5 Å². The van der Waals surface area contributed by atoms with E-state index in [9.17, 15) is 4.79 Å². The van der Waals surface area contributed by atoms with Crippen molar-refractivity contribution in [3.8, 4) is 0 Å². The van der Waals surface area contributed by atoms with Crippen molar-refractivity contribution in [3.05, 3.63) is 18.0 Å². The summed E-state index contributed by atoms with van der Waals surface area (Å²) in [6.07, 6.45) is 2.61.